The van der Waals surface area contributed by atoms with Crippen molar-refractivity contribution < 1.29 is 9.66 Å². The topological polar surface area (TPSA) is 122 Å². The van der Waals surface area contributed by atoms with Crippen LogP contribution in [0.4, 0.5) is 11.5 Å². The maximum absolute atomic E-state index is 10.9. The molecule has 2 rings (SSSR count). The van der Waals surface area contributed by atoms with Crippen LogP contribution < -0.4 is 10.5 Å². The molecule has 2 N–H and O–H groups in total. The number of nitrogen functional groups attached to an aromatic ring is 1. The number of nitrogens with zero attached hydrogens (tertiary/aromatic N) is 5. The second-order valence-electron chi connectivity index (χ2n) is 3.52. The van der Waals surface area contributed by atoms with E-state index in [0.717, 1.165) is 12.0 Å². The second-order valence-corrected chi connectivity index (χ2v) is 3.52. The van der Waals surface area contributed by atoms with Gasteiger partial charge in [0.15, 0.2) is 0 Å². The molecule has 0 spiro atoms. The first-order chi connectivity index (χ1) is 8.49. The van der Waals surface area contributed by atoms with Crippen molar-refractivity contribution in [3.8, 4) is 11.8 Å². The fourth-order valence-electron chi connectivity index (χ4n) is 1.40. The molecule has 0 atom stereocenters. The van der Waals surface area contributed by atoms with Crippen molar-refractivity contribution in [1.29, 1.82) is 0 Å². The summed E-state index contributed by atoms with van der Waals surface area (Å²) in [5.74, 6) is -0.131. The zero-order valence-electron chi connectivity index (χ0n) is 9.69. The molecule has 0 amide bonds. The lowest BCUT2D eigenvalue weighted by molar-refractivity contribution is -0.385. The van der Waals surface area contributed by atoms with E-state index in [1.165, 1.54) is 4.68 Å². The molecule has 0 unspecified atom stereocenters. The average Bonchev–Trinajstić information content (AvgIpc) is 2.57. The molecular weight excluding hydrogens is 240 g/mol. The number of hydrogen-bond donors (Lipinski definition) is 1. The number of anilines is 1. The summed E-state index contributed by atoms with van der Waals surface area (Å²) in [6.45, 7) is 1.77. The van der Waals surface area contributed by atoms with Crippen LogP contribution in [0.15, 0.2) is 12.4 Å². The Balaban J connectivity index is 2.43. The fraction of sp³-hybridized carbons (Fsp3) is 0.222. The zero-order valence-corrected chi connectivity index (χ0v) is 9.69. The lowest BCUT2D eigenvalue weighted by Crippen LogP contribution is -2.04. The highest BCUT2D eigenvalue weighted by Gasteiger charge is 2.23. The maximum Gasteiger partial charge on any atom is 0.373 e. The molecule has 2 aromatic heterocycles. The van der Waals surface area contributed by atoms with Gasteiger partial charge in [-0.15, -0.1) is 0 Å². The third-order valence-electron chi connectivity index (χ3n) is 2.16. The van der Waals surface area contributed by atoms with E-state index in [1.807, 2.05) is 0 Å². The predicted octanol–water partition coefficient (Wildman–Crippen LogP) is 0.801. The minimum Gasteiger partial charge on any atom is -0.415 e. The Labute approximate surface area is 101 Å². The summed E-state index contributed by atoms with van der Waals surface area (Å²) in [5, 5.41) is 14.9. The molecule has 94 valence electrons. The van der Waals surface area contributed by atoms with Crippen LogP contribution in [0.2, 0.25) is 0 Å². The van der Waals surface area contributed by atoms with Crippen LogP contribution in [0, 0.1) is 17.0 Å². The maximum atomic E-state index is 10.9. The van der Waals surface area contributed by atoms with Gasteiger partial charge in [0, 0.05) is 13.1 Å². The summed E-state index contributed by atoms with van der Waals surface area (Å²) < 4.78 is 6.77. The van der Waals surface area contributed by atoms with E-state index in [0.29, 0.717) is 5.88 Å². The fourth-order valence-corrected chi connectivity index (χ4v) is 1.40. The molecule has 9 heteroatoms. The van der Waals surface area contributed by atoms with Crippen LogP contribution >= 0.6 is 0 Å². The van der Waals surface area contributed by atoms with E-state index in [9.17, 15) is 10.1 Å². The smallest absolute Gasteiger partial charge is 0.373 e. The summed E-state index contributed by atoms with van der Waals surface area (Å²) in [7, 11) is 1.65. The Morgan fingerprint density at radius 3 is 2.78 bits per heavy atom. The van der Waals surface area contributed by atoms with Crippen LogP contribution in [0.3, 0.4) is 0 Å². The van der Waals surface area contributed by atoms with Gasteiger partial charge < -0.3 is 10.5 Å². The number of hydrogen-bond acceptors (Lipinski definition) is 7. The first kappa shape index (κ1) is 11.8. The Kier molecular flexibility index (Phi) is 2.80. The number of nitro groups is 1. The minimum atomic E-state index is -0.687. The van der Waals surface area contributed by atoms with E-state index in [4.69, 9.17) is 10.5 Å². The van der Waals surface area contributed by atoms with Gasteiger partial charge in [-0.25, -0.2) is 9.67 Å². The molecular formula is C9H10N6O3. The van der Waals surface area contributed by atoms with E-state index in [-0.39, 0.29) is 11.7 Å². The van der Waals surface area contributed by atoms with Gasteiger partial charge in [-0.3, -0.25) is 10.1 Å². The summed E-state index contributed by atoms with van der Waals surface area (Å²) in [6.07, 6.45) is 1.10. The molecule has 2 heterocycles. The van der Waals surface area contributed by atoms with Crippen molar-refractivity contribution in [2.75, 3.05) is 5.73 Å². The van der Waals surface area contributed by atoms with E-state index in [1.54, 1.807) is 20.0 Å². The Morgan fingerprint density at radius 2 is 2.22 bits per heavy atom. The molecule has 0 aliphatic carbocycles. The lowest BCUT2D eigenvalue weighted by Gasteiger charge is -2.05. The molecule has 0 bridgehead atoms. The Bertz CT molecular complexity index is 608. The summed E-state index contributed by atoms with van der Waals surface area (Å²) in [4.78, 5) is 17.4. The van der Waals surface area contributed by atoms with Crippen LogP contribution in [0.1, 0.15) is 5.69 Å². The molecule has 0 aliphatic rings. The number of nitrogens with two attached hydrogens (primary N) is 1. The molecule has 0 saturated heterocycles. The highest BCUT2D eigenvalue weighted by molar-refractivity contribution is 5.58. The molecule has 18 heavy (non-hydrogen) atoms. The van der Waals surface area contributed by atoms with Crippen molar-refractivity contribution in [2.45, 2.75) is 6.92 Å². The van der Waals surface area contributed by atoms with Gasteiger partial charge in [-0.05, 0) is 6.92 Å². The normalized spacial score (nSPS) is 10.3. The van der Waals surface area contributed by atoms with Gasteiger partial charge in [-0.2, -0.15) is 10.1 Å². The van der Waals surface area contributed by atoms with Gasteiger partial charge in [0.05, 0.1) is 10.6 Å². The first-order valence-corrected chi connectivity index (χ1v) is 4.92. The third kappa shape index (κ3) is 2.05. The summed E-state index contributed by atoms with van der Waals surface area (Å²) in [6, 6.07) is 1.63. The Morgan fingerprint density at radius 1 is 1.50 bits per heavy atom. The summed E-state index contributed by atoms with van der Waals surface area (Å²) >= 11 is 0. The molecule has 0 saturated carbocycles. The molecule has 9 nitrogen and oxygen atoms in total. The van der Waals surface area contributed by atoms with Gasteiger partial charge in [0.2, 0.25) is 11.7 Å². The van der Waals surface area contributed by atoms with Crippen LogP contribution in [-0.4, -0.2) is 24.7 Å². The molecule has 0 fully saturated rings. The first-order valence-electron chi connectivity index (χ1n) is 4.92. The van der Waals surface area contributed by atoms with Crippen molar-refractivity contribution in [3.05, 3.63) is 28.2 Å². The predicted molar refractivity (Wildman–Crippen MR) is 61.1 cm³/mol. The van der Waals surface area contributed by atoms with E-state index < -0.39 is 10.6 Å². The third-order valence-corrected chi connectivity index (χ3v) is 2.16. The number of aryl methyl sites for hydroxylation is 2. The van der Waals surface area contributed by atoms with Gasteiger partial charge in [-0.1, -0.05) is 0 Å². The van der Waals surface area contributed by atoms with Crippen molar-refractivity contribution in [2.24, 2.45) is 7.05 Å². The van der Waals surface area contributed by atoms with Crippen LogP contribution in [0.5, 0.6) is 11.8 Å². The van der Waals surface area contributed by atoms with Crippen LogP contribution in [0.25, 0.3) is 0 Å². The van der Waals surface area contributed by atoms with Crippen LogP contribution in [-0.2, 0) is 7.05 Å². The van der Waals surface area contributed by atoms with Crippen molar-refractivity contribution in [1.82, 2.24) is 19.7 Å². The molecule has 0 aliphatic heterocycles. The highest BCUT2D eigenvalue weighted by atomic mass is 16.6. The SMILES string of the molecule is Cc1cc(Oc2ncnc(N)c2[N+](=O)[O-])n(C)n1. The number of ether oxygens (including phenoxy) is 1. The average molecular weight is 250 g/mol. The molecule has 0 radical (unpaired) electrons. The van der Waals surface area contributed by atoms with E-state index >= 15 is 0 Å². The largest absolute Gasteiger partial charge is 0.415 e. The summed E-state index contributed by atoms with van der Waals surface area (Å²) in [5.41, 5.74) is 5.68. The number of aromatic nitrogens is 4. The second kappa shape index (κ2) is 4.28. The Hall–Kier alpha value is -2.71. The monoisotopic (exact) mass is 250 g/mol. The van der Waals surface area contributed by atoms with Crippen molar-refractivity contribution >= 4 is 11.5 Å². The van der Waals surface area contributed by atoms with E-state index in [2.05, 4.69) is 15.1 Å². The van der Waals surface area contributed by atoms with Gasteiger partial charge in [0.1, 0.15) is 6.33 Å². The minimum absolute atomic E-state index is 0.212. The molecule has 0 aromatic carbocycles. The molecule has 2 aromatic rings. The van der Waals surface area contributed by atoms with Gasteiger partial charge in [0.25, 0.3) is 0 Å². The standard InChI is InChI=1S/C9H10N6O3/c1-5-3-6(14(2)13-5)18-9-7(15(16)17)8(10)11-4-12-9/h3-4H,1-2H3,(H2,10,11,12). The van der Waals surface area contributed by atoms with Crippen molar-refractivity contribution in [3.63, 3.8) is 0 Å². The number of rotatable bonds is 3. The quantitative estimate of drug-likeness (QED) is 0.631. The highest BCUT2D eigenvalue weighted by Crippen LogP contribution is 2.32. The zero-order chi connectivity index (χ0) is 13.3. The van der Waals surface area contributed by atoms with Gasteiger partial charge >= 0.3 is 11.6 Å². The lowest BCUT2D eigenvalue weighted by atomic mass is 10.4.